The normalized spacial score (nSPS) is 42.3. The highest BCUT2D eigenvalue weighted by Crippen LogP contribution is 2.27. The van der Waals surface area contributed by atoms with E-state index in [4.69, 9.17) is 16.3 Å². The summed E-state index contributed by atoms with van der Waals surface area (Å²) in [6, 6.07) is 0. The molecule has 0 aromatic heterocycles. The second-order valence-electron chi connectivity index (χ2n) is 2.46. The van der Waals surface area contributed by atoms with Gasteiger partial charge in [0, 0.05) is 0 Å². The largest absolute Gasteiger partial charge is 0.359 e. The van der Waals surface area contributed by atoms with Gasteiger partial charge in [-0.15, -0.1) is 0 Å². The van der Waals surface area contributed by atoms with E-state index in [0.29, 0.717) is 12.0 Å². The monoisotopic (exact) mass is 150 g/mol. The van der Waals surface area contributed by atoms with Crippen molar-refractivity contribution in [2.45, 2.75) is 39.4 Å². The van der Waals surface area contributed by atoms with Crippen molar-refractivity contribution < 1.29 is 4.74 Å². The molecule has 56 valence electrons. The number of rotatable bonds is 0. The van der Waals surface area contributed by atoms with E-state index in [1.807, 2.05) is 0 Å². The predicted molar refractivity (Wildman–Crippen MR) is 40.7 cm³/mol. The third-order valence-electron chi connectivity index (χ3n) is 1.72. The molecule has 0 aromatic carbocycles. The number of ether oxygens (including phenoxy) is 1. The van der Waals surface area contributed by atoms with Crippen LogP contribution in [0.2, 0.25) is 0 Å². The van der Waals surface area contributed by atoms with Crippen LogP contribution in [0, 0.1) is 5.92 Å². The Morgan fingerprint density at radius 3 is 2.11 bits per heavy atom. The number of hydrogen-bond acceptors (Lipinski definition) is 1. The highest BCUT2D eigenvalue weighted by atomic mass is 35.5. The van der Waals surface area contributed by atoms with Crippen LogP contribution in [0.15, 0.2) is 0 Å². The van der Waals surface area contributed by atoms with Crippen molar-refractivity contribution in [3.8, 4) is 0 Å². The fraction of sp³-hybridized carbons (Fsp3) is 1.00. The molecular formula is C7H15ClO. The zero-order chi connectivity index (χ0) is 6.15. The molecule has 0 N–H and O–H groups in total. The quantitative estimate of drug-likeness (QED) is 0.483. The third kappa shape index (κ3) is 2.15. The van der Waals surface area contributed by atoms with E-state index < -0.39 is 0 Å². The molecule has 0 aliphatic carbocycles. The van der Waals surface area contributed by atoms with Crippen molar-refractivity contribution in [2.24, 2.45) is 5.92 Å². The average Bonchev–Trinajstić information content (AvgIpc) is 1.85. The molecule has 1 heterocycles. The molecule has 0 spiro atoms. The van der Waals surface area contributed by atoms with Gasteiger partial charge in [-0.2, -0.15) is 0 Å². The van der Waals surface area contributed by atoms with Gasteiger partial charge in [-0.1, -0.05) is 26.0 Å². The van der Waals surface area contributed by atoms with E-state index in [2.05, 4.69) is 13.8 Å². The second-order valence-corrected chi connectivity index (χ2v) is 2.95. The summed E-state index contributed by atoms with van der Waals surface area (Å²) in [7, 11) is 0. The Hall–Kier alpha value is 0.250. The molecule has 1 rings (SSSR count). The van der Waals surface area contributed by atoms with Crippen molar-refractivity contribution in [2.75, 3.05) is 0 Å². The van der Waals surface area contributed by atoms with Crippen molar-refractivity contribution in [1.29, 1.82) is 0 Å². The highest BCUT2D eigenvalue weighted by Gasteiger charge is 2.26. The molecule has 0 saturated carbocycles. The highest BCUT2D eigenvalue weighted by molar-refractivity contribution is 6.19. The Kier molecular flexibility index (Phi) is 3.52. The summed E-state index contributed by atoms with van der Waals surface area (Å²) in [5, 5.41) is 0. The van der Waals surface area contributed by atoms with Crippen molar-refractivity contribution in [1.82, 2.24) is 0 Å². The maximum absolute atomic E-state index is 5.68. The van der Waals surface area contributed by atoms with Crippen LogP contribution in [-0.4, -0.2) is 11.7 Å². The maximum Gasteiger partial charge on any atom is 0.131 e. The summed E-state index contributed by atoms with van der Waals surface area (Å²) in [5.41, 5.74) is -0.0278. The van der Waals surface area contributed by atoms with E-state index in [1.54, 1.807) is 0 Å². The molecule has 1 aliphatic heterocycles. The first kappa shape index (κ1) is 9.25. The number of hydrogen-bond donors (Lipinski definition) is 0. The molecule has 0 aromatic rings. The molecule has 1 nitrogen and oxygen atoms in total. The van der Waals surface area contributed by atoms with Gasteiger partial charge in [-0.3, -0.25) is 0 Å². The van der Waals surface area contributed by atoms with E-state index in [0.717, 1.165) is 6.42 Å². The molecule has 1 fully saturated rings. The lowest BCUT2D eigenvalue weighted by molar-refractivity contribution is 0.0887. The molecule has 0 bridgehead atoms. The van der Waals surface area contributed by atoms with E-state index in [-0.39, 0.29) is 13.0 Å². The van der Waals surface area contributed by atoms with Gasteiger partial charge in [0.2, 0.25) is 0 Å². The minimum absolute atomic E-state index is 0. The fourth-order valence-corrected chi connectivity index (χ4v) is 1.35. The number of alkyl halides is 1. The van der Waals surface area contributed by atoms with E-state index in [9.17, 15) is 0 Å². The zero-order valence-corrected chi connectivity index (χ0v) is 5.98. The van der Waals surface area contributed by atoms with Gasteiger partial charge >= 0.3 is 0 Å². The van der Waals surface area contributed by atoms with Crippen LogP contribution in [0.1, 0.15) is 27.7 Å². The average molecular weight is 151 g/mol. The minimum Gasteiger partial charge on any atom is -0.359 e. The molecule has 1 unspecified atom stereocenters. The van der Waals surface area contributed by atoms with Gasteiger partial charge < -0.3 is 4.74 Å². The molecule has 0 amide bonds. The van der Waals surface area contributed by atoms with Crippen LogP contribution in [0.25, 0.3) is 0 Å². The van der Waals surface area contributed by atoms with Crippen LogP contribution in [-0.2, 0) is 4.74 Å². The van der Waals surface area contributed by atoms with Gasteiger partial charge in [0.05, 0.1) is 6.10 Å². The predicted octanol–water partition coefficient (Wildman–Crippen LogP) is 2.63. The van der Waals surface area contributed by atoms with Gasteiger partial charge in [0.15, 0.2) is 0 Å². The Morgan fingerprint density at radius 2 is 2.00 bits per heavy atom. The smallest absolute Gasteiger partial charge is 0.131 e. The molecule has 1 aliphatic rings. The maximum atomic E-state index is 5.68. The van der Waals surface area contributed by atoms with Crippen LogP contribution in [0.3, 0.4) is 0 Å². The standard InChI is InChI=1S/C6H11ClO.CH4/c1-4-3-6(7)8-5(4)2;/h4-6H,3H2,1-2H3;1H4/t4?,5-,6+;/m0./s1. The molecular weight excluding hydrogens is 136 g/mol. The van der Waals surface area contributed by atoms with Crippen molar-refractivity contribution in [3.05, 3.63) is 0 Å². The first-order valence-electron chi connectivity index (χ1n) is 2.99. The molecule has 1 saturated heterocycles. The molecule has 2 heteroatoms. The Labute approximate surface area is 62.3 Å². The van der Waals surface area contributed by atoms with Crippen molar-refractivity contribution >= 4 is 11.6 Å². The summed E-state index contributed by atoms with van der Waals surface area (Å²) >= 11 is 5.68. The van der Waals surface area contributed by atoms with Gasteiger partial charge in [0.1, 0.15) is 5.56 Å². The first-order chi connectivity index (χ1) is 3.70. The van der Waals surface area contributed by atoms with Gasteiger partial charge in [0.25, 0.3) is 0 Å². The first-order valence-corrected chi connectivity index (χ1v) is 3.43. The fourth-order valence-electron chi connectivity index (χ4n) is 0.907. The zero-order valence-electron chi connectivity index (χ0n) is 5.23. The molecule has 9 heavy (non-hydrogen) atoms. The SMILES string of the molecule is C.CC1C[C@H](Cl)O[C@H]1C. The summed E-state index contributed by atoms with van der Waals surface area (Å²) in [6.07, 6.45) is 1.36. The Balaban J connectivity index is 0.000000640. The Bertz CT molecular complexity index is 75.0. The summed E-state index contributed by atoms with van der Waals surface area (Å²) in [5.74, 6) is 0.637. The summed E-state index contributed by atoms with van der Waals surface area (Å²) < 4.78 is 5.24. The molecule has 0 radical (unpaired) electrons. The van der Waals surface area contributed by atoms with Crippen LogP contribution < -0.4 is 0 Å². The second kappa shape index (κ2) is 3.43. The lowest BCUT2D eigenvalue weighted by atomic mass is 10.1. The minimum atomic E-state index is -0.0278. The number of halogens is 1. The van der Waals surface area contributed by atoms with Gasteiger partial charge in [-0.25, -0.2) is 0 Å². The lowest BCUT2D eigenvalue weighted by Crippen LogP contribution is -2.06. The van der Waals surface area contributed by atoms with Crippen LogP contribution in [0.4, 0.5) is 0 Å². The lowest BCUT2D eigenvalue weighted by Gasteiger charge is -2.04. The summed E-state index contributed by atoms with van der Waals surface area (Å²) in [6.45, 7) is 4.22. The summed E-state index contributed by atoms with van der Waals surface area (Å²) in [4.78, 5) is 0. The van der Waals surface area contributed by atoms with Gasteiger partial charge in [-0.05, 0) is 19.3 Å². The topological polar surface area (TPSA) is 9.23 Å². The third-order valence-corrected chi connectivity index (χ3v) is 2.00. The molecule has 3 atom stereocenters. The van der Waals surface area contributed by atoms with Crippen LogP contribution in [0.5, 0.6) is 0 Å². The van der Waals surface area contributed by atoms with E-state index >= 15 is 0 Å². The van der Waals surface area contributed by atoms with E-state index in [1.165, 1.54) is 0 Å². The van der Waals surface area contributed by atoms with Crippen molar-refractivity contribution in [3.63, 3.8) is 0 Å². The Morgan fingerprint density at radius 1 is 1.44 bits per heavy atom. The van der Waals surface area contributed by atoms with Crippen LogP contribution >= 0.6 is 11.6 Å².